The SMILES string of the molecule is CC(C)c1cc(-c2ccc(F)cc2)cc(O)c1O. The third-order valence-corrected chi connectivity index (χ3v) is 2.92. The highest BCUT2D eigenvalue weighted by Gasteiger charge is 2.13. The van der Waals surface area contributed by atoms with Crippen LogP contribution in [0.4, 0.5) is 4.39 Å². The van der Waals surface area contributed by atoms with E-state index in [-0.39, 0.29) is 23.2 Å². The van der Waals surface area contributed by atoms with Crippen LogP contribution in [0.15, 0.2) is 36.4 Å². The molecule has 2 aromatic carbocycles. The number of rotatable bonds is 2. The fourth-order valence-corrected chi connectivity index (χ4v) is 1.89. The van der Waals surface area contributed by atoms with Crippen LogP contribution in [-0.4, -0.2) is 10.2 Å². The number of hydrogen-bond acceptors (Lipinski definition) is 2. The molecule has 2 nitrogen and oxygen atoms in total. The molecule has 0 heterocycles. The van der Waals surface area contributed by atoms with Crippen LogP contribution in [0.3, 0.4) is 0 Å². The summed E-state index contributed by atoms with van der Waals surface area (Å²) < 4.78 is 12.9. The predicted molar refractivity (Wildman–Crippen MR) is 69.3 cm³/mol. The van der Waals surface area contributed by atoms with E-state index < -0.39 is 0 Å². The van der Waals surface area contributed by atoms with Gasteiger partial charge in [0.25, 0.3) is 0 Å². The normalized spacial score (nSPS) is 10.9. The second-order valence-corrected chi connectivity index (χ2v) is 4.59. The van der Waals surface area contributed by atoms with Crippen molar-refractivity contribution in [3.05, 3.63) is 47.8 Å². The van der Waals surface area contributed by atoms with Gasteiger partial charge in [0.15, 0.2) is 11.5 Å². The minimum atomic E-state index is -0.300. The van der Waals surface area contributed by atoms with Crippen LogP contribution >= 0.6 is 0 Å². The molecule has 0 unspecified atom stereocenters. The van der Waals surface area contributed by atoms with E-state index in [2.05, 4.69) is 0 Å². The minimum absolute atomic E-state index is 0.0872. The average Bonchev–Trinajstić information content (AvgIpc) is 2.33. The molecule has 3 heteroatoms. The van der Waals surface area contributed by atoms with E-state index in [1.54, 1.807) is 12.1 Å². The van der Waals surface area contributed by atoms with E-state index in [1.807, 2.05) is 19.9 Å². The minimum Gasteiger partial charge on any atom is -0.504 e. The first-order valence-corrected chi connectivity index (χ1v) is 5.81. The molecule has 0 amide bonds. The van der Waals surface area contributed by atoms with Crippen molar-refractivity contribution in [1.82, 2.24) is 0 Å². The molecule has 2 rings (SSSR count). The Morgan fingerprint density at radius 3 is 2.11 bits per heavy atom. The van der Waals surface area contributed by atoms with Crippen LogP contribution in [0.2, 0.25) is 0 Å². The van der Waals surface area contributed by atoms with Gasteiger partial charge in [-0.3, -0.25) is 0 Å². The molecular formula is C15H15FO2. The highest BCUT2D eigenvalue weighted by Crippen LogP contribution is 2.38. The number of halogens is 1. The monoisotopic (exact) mass is 246 g/mol. The van der Waals surface area contributed by atoms with Gasteiger partial charge in [-0.1, -0.05) is 26.0 Å². The summed E-state index contributed by atoms with van der Waals surface area (Å²) in [6.07, 6.45) is 0. The van der Waals surface area contributed by atoms with Crippen molar-refractivity contribution in [2.75, 3.05) is 0 Å². The summed E-state index contributed by atoms with van der Waals surface area (Å²) in [5.74, 6) is -0.446. The Kier molecular flexibility index (Phi) is 3.24. The molecule has 0 aliphatic rings. The Morgan fingerprint density at radius 1 is 0.944 bits per heavy atom. The van der Waals surface area contributed by atoms with Crippen molar-refractivity contribution >= 4 is 0 Å². The van der Waals surface area contributed by atoms with E-state index in [0.717, 1.165) is 11.1 Å². The lowest BCUT2D eigenvalue weighted by Gasteiger charge is -2.12. The standard InChI is InChI=1S/C15H15FO2/c1-9(2)13-7-11(8-14(17)15(13)18)10-3-5-12(16)6-4-10/h3-9,17-18H,1-2H3. The molecule has 0 saturated heterocycles. The van der Waals surface area contributed by atoms with Gasteiger partial charge in [0.05, 0.1) is 0 Å². The van der Waals surface area contributed by atoms with Gasteiger partial charge in [-0.15, -0.1) is 0 Å². The van der Waals surface area contributed by atoms with Crippen molar-refractivity contribution in [1.29, 1.82) is 0 Å². The van der Waals surface area contributed by atoms with Gasteiger partial charge in [0, 0.05) is 5.56 Å². The van der Waals surface area contributed by atoms with Crippen molar-refractivity contribution < 1.29 is 14.6 Å². The van der Waals surface area contributed by atoms with Crippen LogP contribution in [0, 0.1) is 5.82 Å². The number of aromatic hydroxyl groups is 2. The summed E-state index contributed by atoms with van der Waals surface area (Å²) in [5, 5.41) is 19.5. The zero-order valence-corrected chi connectivity index (χ0v) is 10.3. The van der Waals surface area contributed by atoms with E-state index in [0.29, 0.717) is 5.56 Å². The first-order valence-electron chi connectivity index (χ1n) is 5.81. The number of benzene rings is 2. The Labute approximate surface area is 105 Å². The zero-order valence-electron chi connectivity index (χ0n) is 10.3. The fourth-order valence-electron chi connectivity index (χ4n) is 1.89. The maximum Gasteiger partial charge on any atom is 0.160 e. The molecule has 0 atom stereocenters. The number of hydrogen-bond donors (Lipinski definition) is 2. The summed E-state index contributed by atoms with van der Waals surface area (Å²) in [7, 11) is 0. The Bertz CT molecular complexity index is 559. The van der Waals surface area contributed by atoms with Crippen molar-refractivity contribution in [3.8, 4) is 22.6 Å². The van der Waals surface area contributed by atoms with E-state index in [4.69, 9.17) is 0 Å². The van der Waals surface area contributed by atoms with Crippen molar-refractivity contribution in [2.45, 2.75) is 19.8 Å². The van der Waals surface area contributed by atoms with Crippen LogP contribution in [-0.2, 0) is 0 Å². The average molecular weight is 246 g/mol. The second-order valence-electron chi connectivity index (χ2n) is 4.59. The molecular weight excluding hydrogens is 231 g/mol. The Morgan fingerprint density at radius 2 is 1.56 bits per heavy atom. The van der Waals surface area contributed by atoms with Gasteiger partial charge in [-0.25, -0.2) is 4.39 Å². The summed E-state index contributed by atoms with van der Waals surface area (Å²) in [5.41, 5.74) is 2.23. The van der Waals surface area contributed by atoms with E-state index >= 15 is 0 Å². The number of phenols is 2. The van der Waals surface area contributed by atoms with Crippen LogP contribution in [0.5, 0.6) is 11.5 Å². The second kappa shape index (κ2) is 4.69. The van der Waals surface area contributed by atoms with Crippen LogP contribution < -0.4 is 0 Å². The molecule has 0 aliphatic heterocycles. The molecule has 0 spiro atoms. The van der Waals surface area contributed by atoms with Crippen molar-refractivity contribution in [3.63, 3.8) is 0 Å². The third kappa shape index (κ3) is 2.30. The highest BCUT2D eigenvalue weighted by molar-refractivity contribution is 5.69. The van der Waals surface area contributed by atoms with Gasteiger partial charge >= 0.3 is 0 Å². The molecule has 0 saturated carbocycles. The molecule has 0 radical (unpaired) electrons. The lowest BCUT2D eigenvalue weighted by Crippen LogP contribution is -1.90. The van der Waals surface area contributed by atoms with Crippen molar-refractivity contribution in [2.24, 2.45) is 0 Å². The molecule has 0 fully saturated rings. The predicted octanol–water partition coefficient (Wildman–Crippen LogP) is 4.03. The molecule has 0 aromatic heterocycles. The fraction of sp³-hybridized carbons (Fsp3) is 0.200. The molecule has 2 N–H and O–H groups in total. The topological polar surface area (TPSA) is 40.5 Å². The van der Waals surface area contributed by atoms with Gasteiger partial charge in [-0.05, 0) is 41.3 Å². The maximum absolute atomic E-state index is 12.9. The molecule has 18 heavy (non-hydrogen) atoms. The van der Waals surface area contributed by atoms with Crippen LogP contribution in [0.1, 0.15) is 25.3 Å². The third-order valence-electron chi connectivity index (χ3n) is 2.92. The Balaban J connectivity index is 2.55. The highest BCUT2D eigenvalue weighted by atomic mass is 19.1. The molecule has 0 bridgehead atoms. The lowest BCUT2D eigenvalue weighted by atomic mass is 9.96. The Hall–Kier alpha value is -2.03. The van der Waals surface area contributed by atoms with Gasteiger partial charge in [-0.2, -0.15) is 0 Å². The maximum atomic E-state index is 12.9. The molecule has 2 aromatic rings. The first kappa shape index (κ1) is 12.4. The van der Waals surface area contributed by atoms with E-state index in [9.17, 15) is 14.6 Å². The summed E-state index contributed by atoms with van der Waals surface area (Å²) >= 11 is 0. The first-order chi connectivity index (χ1) is 8.49. The summed E-state index contributed by atoms with van der Waals surface area (Å²) in [4.78, 5) is 0. The van der Waals surface area contributed by atoms with E-state index in [1.165, 1.54) is 18.2 Å². The van der Waals surface area contributed by atoms with Gasteiger partial charge < -0.3 is 10.2 Å². The van der Waals surface area contributed by atoms with Gasteiger partial charge in [0.2, 0.25) is 0 Å². The van der Waals surface area contributed by atoms with Gasteiger partial charge in [0.1, 0.15) is 5.82 Å². The zero-order chi connectivity index (χ0) is 13.3. The lowest BCUT2D eigenvalue weighted by molar-refractivity contribution is 0.398. The van der Waals surface area contributed by atoms with Crippen LogP contribution in [0.25, 0.3) is 11.1 Å². The molecule has 0 aliphatic carbocycles. The quantitative estimate of drug-likeness (QED) is 0.785. The smallest absolute Gasteiger partial charge is 0.160 e. The molecule has 94 valence electrons. The number of phenolic OH excluding ortho intramolecular Hbond substituents is 2. The summed E-state index contributed by atoms with van der Waals surface area (Å²) in [6, 6.07) is 9.32. The summed E-state index contributed by atoms with van der Waals surface area (Å²) in [6.45, 7) is 3.87. The largest absolute Gasteiger partial charge is 0.504 e.